The van der Waals surface area contributed by atoms with Crippen LogP contribution in [0.2, 0.25) is 0 Å². The molecule has 136 valence electrons. The van der Waals surface area contributed by atoms with E-state index in [-0.39, 0.29) is 0 Å². The molecular formula is C20H15Br2N3O2. The number of anilines is 1. The van der Waals surface area contributed by atoms with Gasteiger partial charge >= 0.3 is 6.03 Å². The Morgan fingerprint density at radius 3 is 2.37 bits per heavy atom. The highest BCUT2D eigenvalue weighted by Gasteiger charge is 2.13. The molecule has 0 bridgehead atoms. The predicted octanol–water partition coefficient (Wildman–Crippen LogP) is 5.54. The van der Waals surface area contributed by atoms with Crippen molar-refractivity contribution in [1.29, 1.82) is 0 Å². The highest BCUT2D eigenvalue weighted by molar-refractivity contribution is 9.10. The molecule has 0 aliphatic heterocycles. The van der Waals surface area contributed by atoms with E-state index < -0.39 is 11.9 Å². The molecule has 0 fully saturated rings. The predicted molar refractivity (Wildman–Crippen MR) is 113 cm³/mol. The smallest absolute Gasteiger partial charge is 0.306 e. The molecule has 7 heteroatoms. The van der Waals surface area contributed by atoms with E-state index in [1.54, 1.807) is 30.5 Å². The second-order valence-electron chi connectivity index (χ2n) is 5.78. The van der Waals surface area contributed by atoms with Gasteiger partial charge in [0, 0.05) is 14.5 Å². The van der Waals surface area contributed by atoms with Crippen LogP contribution in [0.25, 0.3) is 11.3 Å². The van der Waals surface area contributed by atoms with Crippen molar-refractivity contribution in [3.8, 4) is 11.3 Å². The molecule has 2 aromatic carbocycles. The van der Waals surface area contributed by atoms with Crippen LogP contribution in [0.15, 0.2) is 69.7 Å². The number of hydrogen-bond acceptors (Lipinski definition) is 3. The average molecular weight is 489 g/mol. The molecule has 0 aliphatic rings. The first-order valence-corrected chi connectivity index (χ1v) is 9.62. The average Bonchev–Trinajstić information content (AvgIpc) is 2.63. The lowest BCUT2D eigenvalue weighted by molar-refractivity contribution is 0.0966. The Kier molecular flexibility index (Phi) is 6.03. The Morgan fingerprint density at radius 2 is 1.70 bits per heavy atom. The summed E-state index contributed by atoms with van der Waals surface area (Å²) in [5.41, 5.74) is 3.61. The topological polar surface area (TPSA) is 71.1 Å². The molecule has 0 saturated carbocycles. The van der Waals surface area contributed by atoms with Gasteiger partial charge in [-0.3, -0.25) is 15.1 Å². The summed E-state index contributed by atoms with van der Waals surface area (Å²) >= 11 is 6.70. The molecule has 0 atom stereocenters. The van der Waals surface area contributed by atoms with Crippen molar-refractivity contribution in [1.82, 2.24) is 10.3 Å². The second kappa shape index (κ2) is 8.45. The van der Waals surface area contributed by atoms with Crippen LogP contribution in [0.5, 0.6) is 0 Å². The Labute approximate surface area is 173 Å². The third kappa shape index (κ3) is 4.81. The van der Waals surface area contributed by atoms with Crippen LogP contribution in [0.4, 0.5) is 10.5 Å². The van der Waals surface area contributed by atoms with E-state index in [4.69, 9.17) is 0 Å². The fraction of sp³-hybridized carbons (Fsp3) is 0.0500. The Morgan fingerprint density at radius 1 is 1.00 bits per heavy atom. The number of benzene rings is 2. The minimum absolute atomic E-state index is 0.382. The zero-order chi connectivity index (χ0) is 19.4. The van der Waals surface area contributed by atoms with Crippen molar-refractivity contribution in [2.75, 3.05) is 5.32 Å². The number of rotatable bonds is 3. The molecule has 0 saturated heterocycles. The highest BCUT2D eigenvalue weighted by atomic mass is 79.9. The number of pyridine rings is 1. The number of carbonyl (C=O) groups is 2. The maximum Gasteiger partial charge on any atom is 0.326 e. The normalized spacial score (nSPS) is 10.3. The lowest BCUT2D eigenvalue weighted by Gasteiger charge is -2.10. The lowest BCUT2D eigenvalue weighted by Crippen LogP contribution is -2.34. The molecule has 3 aromatic rings. The molecule has 2 N–H and O–H groups in total. The SMILES string of the molecule is Cc1cc(NC(=O)NC(=O)c2ccccc2Br)cnc1-c1ccc(Br)cc1. The number of nitrogens with zero attached hydrogens (tertiary/aromatic N) is 1. The molecule has 27 heavy (non-hydrogen) atoms. The van der Waals surface area contributed by atoms with Gasteiger partial charge in [-0.1, -0.05) is 40.2 Å². The van der Waals surface area contributed by atoms with Gasteiger partial charge in [0.1, 0.15) is 0 Å². The summed E-state index contributed by atoms with van der Waals surface area (Å²) in [6.07, 6.45) is 1.56. The van der Waals surface area contributed by atoms with E-state index in [1.807, 2.05) is 37.3 Å². The third-order valence-electron chi connectivity index (χ3n) is 3.80. The number of aromatic nitrogens is 1. The van der Waals surface area contributed by atoms with Crippen LogP contribution in [0, 0.1) is 6.92 Å². The van der Waals surface area contributed by atoms with E-state index in [0.29, 0.717) is 15.7 Å². The monoisotopic (exact) mass is 487 g/mol. The standard InChI is InChI=1S/C20H15Br2N3O2/c1-12-10-15(11-23-18(12)13-6-8-14(21)9-7-13)24-20(27)25-19(26)16-4-2-3-5-17(16)22/h2-11H,1H3,(H2,24,25,26,27). The van der Waals surface area contributed by atoms with Gasteiger partial charge in [0.15, 0.2) is 0 Å². The zero-order valence-corrected chi connectivity index (χ0v) is 17.5. The molecule has 0 spiro atoms. The van der Waals surface area contributed by atoms with E-state index in [2.05, 4.69) is 47.5 Å². The van der Waals surface area contributed by atoms with Crippen molar-refractivity contribution >= 4 is 49.5 Å². The molecule has 3 amide bonds. The number of carbonyl (C=O) groups excluding carboxylic acids is 2. The van der Waals surface area contributed by atoms with Gasteiger partial charge in [-0.05, 0) is 58.7 Å². The molecule has 1 aromatic heterocycles. The quantitative estimate of drug-likeness (QED) is 0.508. The Hall–Kier alpha value is -2.51. The van der Waals surface area contributed by atoms with Crippen molar-refractivity contribution in [2.45, 2.75) is 6.92 Å². The molecule has 0 unspecified atom stereocenters. The van der Waals surface area contributed by atoms with Gasteiger partial charge in [-0.25, -0.2) is 4.79 Å². The van der Waals surface area contributed by atoms with Gasteiger partial charge in [-0.2, -0.15) is 0 Å². The number of aryl methyl sites for hydroxylation is 1. The van der Waals surface area contributed by atoms with E-state index in [1.165, 1.54) is 0 Å². The summed E-state index contributed by atoms with van der Waals surface area (Å²) in [4.78, 5) is 28.7. The lowest BCUT2D eigenvalue weighted by atomic mass is 10.1. The number of halogens is 2. The molecule has 0 radical (unpaired) electrons. The van der Waals surface area contributed by atoms with Crippen molar-refractivity contribution in [2.24, 2.45) is 0 Å². The highest BCUT2D eigenvalue weighted by Crippen LogP contribution is 2.24. The molecular weight excluding hydrogens is 474 g/mol. The van der Waals surface area contributed by atoms with E-state index in [9.17, 15) is 9.59 Å². The van der Waals surface area contributed by atoms with Gasteiger partial charge in [-0.15, -0.1) is 0 Å². The number of hydrogen-bond donors (Lipinski definition) is 2. The van der Waals surface area contributed by atoms with Crippen molar-refractivity contribution in [3.63, 3.8) is 0 Å². The summed E-state index contributed by atoms with van der Waals surface area (Å²) in [5, 5.41) is 4.94. The van der Waals surface area contributed by atoms with E-state index >= 15 is 0 Å². The summed E-state index contributed by atoms with van der Waals surface area (Å²) < 4.78 is 1.61. The van der Waals surface area contributed by atoms with Crippen LogP contribution >= 0.6 is 31.9 Å². The first-order valence-electron chi connectivity index (χ1n) is 8.03. The molecule has 1 heterocycles. The van der Waals surface area contributed by atoms with Gasteiger partial charge in [0.25, 0.3) is 5.91 Å². The Bertz CT molecular complexity index is 1000. The molecule has 5 nitrogen and oxygen atoms in total. The molecule has 0 aliphatic carbocycles. The minimum Gasteiger partial charge on any atom is -0.306 e. The third-order valence-corrected chi connectivity index (χ3v) is 5.02. The largest absolute Gasteiger partial charge is 0.326 e. The van der Waals surface area contributed by atoms with Crippen LogP contribution in [-0.4, -0.2) is 16.9 Å². The summed E-state index contributed by atoms with van der Waals surface area (Å²) in [7, 11) is 0. The second-order valence-corrected chi connectivity index (χ2v) is 7.55. The first-order chi connectivity index (χ1) is 12.9. The number of imide groups is 1. The Balaban J connectivity index is 1.69. The molecule has 3 rings (SSSR count). The van der Waals surface area contributed by atoms with Gasteiger partial charge in [0.05, 0.1) is 23.1 Å². The van der Waals surface area contributed by atoms with Crippen LogP contribution in [0.1, 0.15) is 15.9 Å². The van der Waals surface area contributed by atoms with Crippen LogP contribution < -0.4 is 10.6 Å². The van der Waals surface area contributed by atoms with Crippen LogP contribution in [0.3, 0.4) is 0 Å². The number of amides is 3. The zero-order valence-electron chi connectivity index (χ0n) is 14.3. The summed E-state index contributed by atoms with van der Waals surface area (Å²) in [6.45, 7) is 1.92. The maximum absolute atomic E-state index is 12.2. The van der Waals surface area contributed by atoms with Crippen molar-refractivity contribution in [3.05, 3.63) is 80.9 Å². The fourth-order valence-corrected chi connectivity index (χ4v) is 3.26. The van der Waals surface area contributed by atoms with Crippen LogP contribution in [-0.2, 0) is 0 Å². The van der Waals surface area contributed by atoms with Gasteiger partial charge < -0.3 is 5.32 Å². The van der Waals surface area contributed by atoms with E-state index in [0.717, 1.165) is 21.3 Å². The van der Waals surface area contributed by atoms with Gasteiger partial charge in [0.2, 0.25) is 0 Å². The first kappa shape index (κ1) is 19.3. The fourth-order valence-electron chi connectivity index (χ4n) is 2.53. The van der Waals surface area contributed by atoms with Crippen molar-refractivity contribution < 1.29 is 9.59 Å². The summed E-state index contributed by atoms with van der Waals surface area (Å²) in [6, 6.07) is 15.9. The maximum atomic E-state index is 12.2. The minimum atomic E-state index is -0.617. The summed E-state index contributed by atoms with van der Waals surface area (Å²) in [5.74, 6) is -0.490. The number of nitrogens with one attached hydrogen (secondary N) is 2. The number of urea groups is 1.